The van der Waals surface area contributed by atoms with E-state index in [4.69, 9.17) is 17.3 Å². The summed E-state index contributed by atoms with van der Waals surface area (Å²) in [4.78, 5) is 0. The van der Waals surface area contributed by atoms with Crippen LogP contribution in [0.15, 0.2) is 35.3 Å². The lowest BCUT2D eigenvalue weighted by Gasteiger charge is -2.24. The van der Waals surface area contributed by atoms with Crippen LogP contribution >= 0.6 is 27.5 Å². The van der Waals surface area contributed by atoms with Crippen LogP contribution in [0.2, 0.25) is 5.02 Å². The van der Waals surface area contributed by atoms with Gasteiger partial charge in [-0.15, -0.1) is 6.58 Å². The minimum absolute atomic E-state index is 0.0858. The maximum atomic E-state index is 6.14. The second-order valence-corrected chi connectivity index (χ2v) is 5.30. The smallest absolute Gasteiger partial charge is 0.0449 e. The number of nitrogens with two attached hydrogens (primary N) is 1. The Bertz CT molecular complexity index is 365. The van der Waals surface area contributed by atoms with Crippen molar-refractivity contribution in [2.24, 2.45) is 11.1 Å². The molecule has 1 atom stereocenters. The van der Waals surface area contributed by atoms with Crippen LogP contribution in [0, 0.1) is 5.41 Å². The van der Waals surface area contributed by atoms with E-state index in [-0.39, 0.29) is 5.41 Å². The highest BCUT2D eigenvalue weighted by atomic mass is 79.9. The van der Waals surface area contributed by atoms with Crippen LogP contribution in [0.1, 0.15) is 12.5 Å². The van der Waals surface area contributed by atoms with E-state index in [1.165, 1.54) is 0 Å². The minimum Gasteiger partial charge on any atom is -0.330 e. The van der Waals surface area contributed by atoms with Crippen LogP contribution in [0.25, 0.3) is 0 Å². The monoisotopic (exact) mass is 287 g/mol. The Labute approximate surface area is 104 Å². The summed E-state index contributed by atoms with van der Waals surface area (Å²) in [5, 5.41) is 0.769. The highest BCUT2D eigenvalue weighted by Crippen LogP contribution is 2.28. The summed E-state index contributed by atoms with van der Waals surface area (Å²) >= 11 is 9.53. The molecule has 1 nitrogen and oxygen atoms in total. The Morgan fingerprint density at radius 1 is 1.60 bits per heavy atom. The van der Waals surface area contributed by atoms with Gasteiger partial charge in [-0.1, -0.05) is 46.6 Å². The van der Waals surface area contributed by atoms with Gasteiger partial charge >= 0.3 is 0 Å². The maximum absolute atomic E-state index is 6.14. The van der Waals surface area contributed by atoms with Gasteiger partial charge < -0.3 is 5.73 Å². The number of hydrogen-bond acceptors (Lipinski definition) is 1. The van der Waals surface area contributed by atoms with E-state index in [2.05, 4.69) is 29.4 Å². The Morgan fingerprint density at radius 3 is 2.73 bits per heavy atom. The SMILES string of the molecule is C=CC(C)(CN)Cc1ccc(Br)cc1Cl. The number of benzene rings is 1. The second kappa shape index (κ2) is 5.15. The number of hydrogen-bond donors (Lipinski definition) is 1. The van der Waals surface area contributed by atoms with Crippen LogP contribution in [0.4, 0.5) is 0 Å². The Hall–Kier alpha value is -0.310. The van der Waals surface area contributed by atoms with Crippen molar-refractivity contribution in [3.8, 4) is 0 Å². The predicted octanol–water partition coefficient (Wildman–Crippen LogP) is 3.80. The molecule has 0 spiro atoms. The molecule has 0 saturated heterocycles. The molecular weight excluding hydrogens is 273 g/mol. The molecule has 82 valence electrons. The van der Waals surface area contributed by atoms with Crippen molar-refractivity contribution in [3.63, 3.8) is 0 Å². The zero-order valence-corrected chi connectivity index (χ0v) is 11.1. The van der Waals surface area contributed by atoms with E-state index in [0.717, 1.165) is 21.5 Å². The molecule has 0 aliphatic carbocycles. The molecule has 3 heteroatoms. The van der Waals surface area contributed by atoms with Gasteiger partial charge in [-0.25, -0.2) is 0 Å². The van der Waals surface area contributed by atoms with Crippen molar-refractivity contribution in [2.45, 2.75) is 13.3 Å². The summed E-state index contributed by atoms with van der Waals surface area (Å²) in [5.74, 6) is 0. The third kappa shape index (κ3) is 3.33. The maximum Gasteiger partial charge on any atom is 0.0449 e. The molecule has 0 amide bonds. The van der Waals surface area contributed by atoms with Crippen LogP contribution in [-0.4, -0.2) is 6.54 Å². The first-order valence-electron chi connectivity index (χ1n) is 4.78. The lowest BCUT2D eigenvalue weighted by atomic mass is 9.84. The molecule has 0 radical (unpaired) electrons. The molecule has 15 heavy (non-hydrogen) atoms. The Balaban J connectivity index is 2.94. The molecule has 1 unspecified atom stereocenters. The van der Waals surface area contributed by atoms with Crippen molar-refractivity contribution >= 4 is 27.5 Å². The summed E-state index contributed by atoms with van der Waals surface area (Å²) in [5.41, 5.74) is 6.74. The van der Waals surface area contributed by atoms with Crippen molar-refractivity contribution in [1.82, 2.24) is 0 Å². The van der Waals surface area contributed by atoms with Gasteiger partial charge in [-0.2, -0.15) is 0 Å². The fourth-order valence-electron chi connectivity index (χ4n) is 1.33. The third-order valence-electron chi connectivity index (χ3n) is 2.57. The van der Waals surface area contributed by atoms with E-state index in [1.54, 1.807) is 0 Å². The molecule has 1 aromatic rings. The minimum atomic E-state index is -0.0858. The van der Waals surface area contributed by atoms with Gasteiger partial charge in [0.2, 0.25) is 0 Å². The average molecular weight is 289 g/mol. The van der Waals surface area contributed by atoms with Crippen molar-refractivity contribution in [2.75, 3.05) is 6.54 Å². The van der Waals surface area contributed by atoms with Crippen LogP contribution in [-0.2, 0) is 6.42 Å². The zero-order valence-electron chi connectivity index (χ0n) is 8.76. The van der Waals surface area contributed by atoms with Crippen LogP contribution in [0.3, 0.4) is 0 Å². The van der Waals surface area contributed by atoms with Gasteiger partial charge in [0.1, 0.15) is 0 Å². The first kappa shape index (κ1) is 12.8. The van der Waals surface area contributed by atoms with E-state index in [0.29, 0.717) is 6.54 Å². The molecule has 0 saturated carbocycles. The summed E-state index contributed by atoms with van der Waals surface area (Å²) in [6, 6.07) is 5.90. The van der Waals surface area contributed by atoms with Crippen LogP contribution < -0.4 is 5.73 Å². The second-order valence-electron chi connectivity index (χ2n) is 3.97. The summed E-state index contributed by atoms with van der Waals surface area (Å²) in [6.45, 7) is 6.47. The third-order valence-corrected chi connectivity index (χ3v) is 3.41. The van der Waals surface area contributed by atoms with E-state index < -0.39 is 0 Å². The lowest BCUT2D eigenvalue weighted by molar-refractivity contribution is 0.439. The van der Waals surface area contributed by atoms with Gasteiger partial charge in [0.25, 0.3) is 0 Å². The number of halogens is 2. The highest BCUT2D eigenvalue weighted by molar-refractivity contribution is 9.10. The molecule has 0 bridgehead atoms. The molecule has 2 N–H and O–H groups in total. The molecule has 0 aromatic heterocycles. The normalized spacial score (nSPS) is 14.7. The fourth-order valence-corrected chi connectivity index (χ4v) is 2.07. The molecule has 0 heterocycles. The average Bonchev–Trinajstić information content (AvgIpc) is 2.22. The van der Waals surface area contributed by atoms with E-state index >= 15 is 0 Å². The summed E-state index contributed by atoms with van der Waals surface area (Å²) in [7, 11) is 0. The molecular formula is C12H15BrClN. The fraction of sp³-hybridized carbons (Fsp3) is 0.333. The first-order chi connectivity index (χ1) is 7.00. The summed E-state index contributed by atoms with van der Waals surface area (Å²) in [6.07, 6.45) is 2.71. The van der Waals surface area contributed by atoms with Gasteiger partial charge in [-0.3, -0.25) is 0 Å². The van der Waals surface area contributed by atoms with Gasteiger partial charge in [-0.05, 0) is 24.1 Å². The summed E-state index contributed by atoms with van der Waals surface area (Å²) < 4.78 is 0.990. The van der Waals surface area contributed by atoms with Gasteiger partial charge in [0.05, 0.1) is 0 Å². The predicted molar refractivity (Wildman–Crippen MR) is 70.2 cm³/mol. The topological polar surface area (TPSA) is 26.0 Å². The van der Waals surface area contributed by atoms with E-state index in [1.807, 2.05) is 24.3 Å². The Morgan fingerprint density at radius 2 is 2.27 bits per heavy atom. The van der Waals surface area contributed by atoms with E-state index in [9.17, 15) is 0 Å². The van der Waals surface area contributed by atoms with Crippen molar-refractivity contribution in [3.05, 3.63) is 45.9 Å². The highest BCUT2D eigenvalue weighted by Gasteiger charge is 2.19. The largest absolute Gasteiger partial charge is 0.330 e. The lowest BCUT2D eigenvalue weighted by Crippen LogP contribution is -2.27. The molecule has 0 aliphatic heterocycles. The van der Waals surface area contributed by atoms with Crippen molar-refractivity contribution < 1.29 is 0 Å². The van der Waals surface area contributed by atoms with Gasteiger partial charge in [0.15, 0.2) is 0 Å². The molecule has 1 aromatic carbocycles. The van der Waals surface area contributed by atoms with Gasteiger partial charge in [0, 0.05) is 21.5 Å². The van der Waals surface area contributed by atoms with Crippen molar-refractivity contribution in [1.29, 1.82) is 0 Å². The molecule has 0 aliphatic rings. The number of rotatable bonds is 4. The zero-order chi connectivity index (χ0) is 11.5. The Kier molecular flexibility index (Phi) is 4.38. The van der Waals surface area contributed by atoms with Crippen LogP contribution in [0.5, 0.6) is 0 Å². The first-order valence-corrected chi connectivity index (χ1v) is 5.95. The standard InChI is InChI=1S/C12H15BrClN/c1-3-12(2,8-15)7-9-4-5-10(13)6-11(9)14/h3-6H,1,7-8,15H2,2H3. The molecule has 1 rings (SSSR count). The molecule has 0 fully saturated rings. The quantitative estimate of drug-likeness (QED) is 0.838.